The zero-order chi connectivity index (χ0) is 19.3. The highest BCUT2D eigenvalue weighted by Crippen LogP contribution is 2.30. The molecule has 2 aliphatic rings. The number of hydrogen-bond donors (Lipinski definition) is 1. The third-order valence-corrected chi connectivity index (χ3v) is 7.24. The monoisotopic (exact) mass is 463 g/mol. The van der Waals surface area contributed by atoms with Gasteiger partial charge in [0.05, 0.1) is 8.66 Å². The molecule has 0 unspecified atom stereocenters. The first kappa shape index (κ1) is 19.8. The molecule has 8 heteroatoms. The van der Waals surface area contributed by atoms with Gasteiger partial charge in [-0.05, 0) is 79.0 Å². The van der Waals surface area contributed by atoms with Gasteiger partial charge in [-0.3, -0.25) is 4.79 Å². The van der Waals surface area contributed by atoms with Gasteiger partial charge in [0.1, 0.15) is 5.69 Å². The summed E-state index contributed by atoms with van der Waals surface area (Å²) in [7, 11) is 0. The van der Waals surface area contributed by atoms with E-state index in [1.807, 2.05) is 24.3 Å². The van der Waals surface area contributed by atoms with E-state index >= 15 is 0 Å². The van der Waals surface area contributed by atoms with Crippen molar-refractivity contribution >= 4 is 39.0 Å². The fourth-order valence-corrected chi connectivity index (χ4v) is 5.29. The average molecular weight is 464 g/mol. The van der Waals surface area contributed by atoms with Crippen molar-refractivity contribution in [3.8, 4) is 10.6 Å². The lowest BCUT2D eigenvalue weighted by molar-refractivity contribution is -0.125. The largest absolute Gasteiger partial charge is 0.355 e. The fraction of sp³-hybridized carbons (Fsp3) is 0.550. The molecule has 0 bridgehead atoms. The predicted molar refractivity (Wildman–Crippen MR) is 117 cm³/mol. The van der Waals surface area contributed by atoms with Crippen LogP contribution in [0.5, 0.6) is 0 Å². The summed E-state index contributed by atoms with van der Waals surface area (Å²) in [4.78, 5) is 18.2. The van der Waals surface area contributed by atoms with Crippen molar-refractivity contribution in [1.82, 2.24) is 20.4 Å². The van der Waals surface area contributed by atoms with E-state index in [9.17, 15) is 4.79 Å². The van der Waals surface area contributed by atoms with Crippen LogP contribution in [0.25, 0.3) is 10.6 Å². The quantitative estimate of drug-likeness (QED) is 0.710. The number of nitrogens with one attached hydrogen (secondary N) is 1. The molecule has 4 rings (SSSR count). The Morgan fingerprint density at radius 1 is 1.11 bits per heavy atom. The van der Waals surface area contributed by atoms with Crippen molar-refractivity contribution in [2.75, 3.05) is 44.2 Å². The van der Waals surface area contributed by atoms with Crippen molar-refractivity contribution < 1.29 is 4.79 Å². The van der Waals surface area contributed by atoms with E-state index in [2.05, 4.69) is 41.2 Å². The fourth-order valence-electron chi connectivity index (χ4n) is 3.94. The van der Waals surface area contributed by atoms with Crippen LogP contribution in [-0.4, -0.2) is 60.3 Å². The van der Waals surface area contributed by atoms with E-state index < -0.39 is 0 Å². The maximum absolute atomic E-state index is 12.4. The summed E-state index contributed by atoms with van der Waals surface area (Å²) in [5.74, 6) is 1.22. The number of carbonyl (C=O) groups excluding carboxylic acids is 1. The van der Waals surface area contributed by atoms with Crippen LogP contribution in [-0.2, 0) is 4.79 Å². The smallest absolute Gasteiger partial charge is 0.223 e. The second kappa shape index (κ2) is 9.33. The minimum atomic E-state index is 0.116. The molecule has 2 aromatic rings. The molecule has 0 spiro atoms. The van der Waals surface area contributed by atoms with Crippen molar-refractivity contribution in [3.05, 3.63) is 28.1 Å². The Hall–Kier alpha value is -1.51. The second-order valence-electron chi connectivity index (χ2n) is 7.48. The van der Waals surface area contributed by atoms with Crippen LogP contribution in [0.1, 0.15) is 25.7 Å². The highest BCUT2D eigenvalue weighted by molar-refractivity contribution is 9.11. The van der Waals surface area contributed by atoms with Crippen LogP contribution >= 0.6 is 27.3 Å². The predicted octanol–water partition coefficient (Wildman–Crippen LogP) is 3.40. The van der Waals surface area contributed by atoms with Gasteiger partial charge in [0, 0.05) is 32.1 Å². The number of nitrogens with zero attached hydrogens (tertiary/aromatic N) is 4. The lowest BCUT2D eigenvalue weighted by Gasteiger charge is -2.32. The molecule has 2 aliphatic heterocycles. The minimum Gasteiger partial charge on any atom is -0.355 e. The summed E-state index contributed by atoms with van der Waals surface area (Å²) in [6.45, 7) is 5.80. The Morgan fingerprint density at radius 2 is 1.89 bits per heavy atom. The Morgan fingerprint density at radius 3 is 2.54 bits per heavy atom. The van der Waals surface area contributed by atoms with Crippen molar-refractivity contribution in [3.63, 3.8) is 0 Å². The zero-order valence-corrected chi connectivity index (χ0v) is 18.3. The molecular weight excluding hydrogens is 438 g/mol. The van der Waals surface area contributed by atoms with E-state index in [1.165, 1.54) is 25.9 Å². The summed E-state index contributed by atoms with van der Waals surface area (Å²) in [5.41, 5.74) is 0.895. The first-order chi connectivity index (χ1) is 13.7. The molecule has 0 aromatic carbocycles. The number of amides is 1. The zero-order valence-electron chi connectivity index (χ0n) is 15.9. The first-order valence-corrected chi connectivity index (χ1v) is 11.6. The molecule has 1 N–H and O–H groups in total. The maximum atomic E-state index is 12.4. The summed E-state index contributed by atoms with van der Waals surface area (Å²) in [6.07, 6.45) is 4.33. The molecule has 28 heavy (non-hydrogen) atoms. The van der Waals surface area contributed by atoms with Crippen LogP contribution in [0.15, 0.2) is 28.1 Å². The van der Waals surface area contributed by atoms with E-state index in [0.717, 1.165) is 59.2 Å². The molecule has 150 valence electrons. The standard InChI is InChI=1S/C20H26BrN5OS/c21-18-5-4-17(28-18)16-3-6-19(24-23-16)26-12-7-15(8-13-26)20(27)22-9-14-25-10-1-2-11-25/h3-6,15H,1-2,7-14H2,(H,22,27). The number of likely N-dealkylation sites (tertiary alicyclic amines) is 1. The molecule has 2 aromatic heterocycles. The Balaban J connectivity index is 1.23. The van der Waals surface area contributed by atoms with Crippen molar-refractivity contribution in [2.24, 2.45) is 5.92 Å². The second-order valence-corrected chi connectivity index (χ2v) is 9.94. The van der Waals surface area contributed by atoms with Gasteiger partial charge in [-0.25, -0.2) is 0 Å². The van der Waals surface area contributed by atoms with Crippen LogP contribution in [0, 0.1) is 5.92 Å². The third kappa shape index (κ3) is 4.90. The molecule has 1 amide bonds. The number of halogens is 1. The van der Waals surface area contributed by atoms with Crippen LogP contribution in [0.4, 0.5) is 5.82 Å². The van der Waals surface area contributed by atoms with Crippen molar-refractivity contribution in [2.45, 2.75) is 25.7 Å². The highest BCUT2D eigenvalue weighted by atomic mass is 79.9. The number of hydrogen-bond acceptors (Lipinski definition) is 6. The number of rotatable bonds is 6. The van der Waals surface area contributed by atoms with E-state index in [1.54, 1.807) is 11.3 Å². The lowest BCUT2D eigenvalue weighted by Crippen LogP contribution is -2.42. The average Bonchev–Trinajstić information content (AvgIpc) is 3.40. The Labute approximate surface area is 178 Å². The number of aromatic nitrogens is 2. The van der Waals surface area contributed by atoms with Gasteiger partial charge < -0.3 is 15.1 Å². The minimum absolute atomic E-state index is 0.116. The SMILES string of the molecule is O=C(NCCN1CCCC1)C1CCN(c2ccc(-c3ccc(Br)s3)nn2)CC1. The third-order valence-electron chi connectivity index (χ3n) is 5.59. The lowest BCUT2D eigenvalue weighted by atomic mass is 9.96. The topological polar surface area (TPSA) is 61.4 Å². The van der Waals surface area contributed by atoms with Gasteiger partial charge >= 0.3 is 0 Å². The Bertz CT molecular complexity index is 782. The van der Waals surface area contributed by atoms with E-state index in [-0.39, 0.29) is 11.8 Å². The van der Waals surface area contributed by atoms with Crippen LogP contribution in [0.3, 0.4) is 0 Å². The summed E-state index contributed by atoms with van der Waals surface area (Å²) >= 11 is 5.14. The molecule has 6 nitrogen and oxygen atoms in total. The van der Waals surface area contributed by atoms with Crippen LogP contribution in [0.2, 0.25) is 0 Å². The van der Waals surface area contributed by atoms with Gasteiger partial charge in [0.15, 0.2) is 5.82 Å². The summed E-state index contributed by atoms with van der Waals surface area (Å²) < 4.78 is 1.09. The number of piperidine rings is 1. The van der Waals surface area contributed by atoms with Gasteiger partial charge in [-0.2, -0.15) is 0 Å². The molecule has 0 saturated carbocycles. The first-order valence-electron chi connectivity index (χ1n) is 10.0. The molecule has 4 heterocycles. The number of anilines is 1. The maximum Gasteiger partial charge on any atom is 0.223 e. The van der Waals surface area contributed by atoms with Crippen LogP contribution < -0.4 is 10.2 Å². The van der Waals surface area contributed by atoms with E-state index in [0.29, 0.717) is 0 Å². The molecular formula is C20H26BrN5OS. The molecule has 0 aliphatic carbocycles. The van der Waals surface area contributed by atoms with Gasteiger partial charge in [-0.1, -0.05) is 0 Å². The Kier molecular flexibility index (Phi) is 6.59. The molecule has 0 atom stereocenters. The molecule has 2 fully saturated rings. The molecule has 0 radical (unpaired) electrons. The van der Waals surface area contributed by atoms with E-state index in [4.69, 9.17) is 0 Å². The normalized spacial score (nSPS) is 18.5. The highest BCUT2D eigenvalue weighted by Gasteiger charge is 2.25. The number of thiophene rings is 1. The molecule has 2 saturated heterocycles. The van der Waals surface area contributed by atoms with Gasteiger partial charge in [0.2, 0.25) is 5.91 Å². The number of carbonyl (C=O) groups is 1. The summed E-state index contributed by atoms with van der Waals surface area (Å²) in [5, 5.41) is 11.9. The van der Waals surface area contributed by atoms with Gasteiger partial charge in [-0.15, -0.1) is 21.5 Å². The van der Waals surface area contributed by atoms with Gasteiger partial charge in [0.25, 0.3) is 0 Å². The summed E-state index contributed by atoms with van der Waals surface area (Å²) in [6, 6.07) is 8.13. The van der Waals surface area contributed by atoms with Crippen molar-refractivity contribution in [1.29, 1.82) is 0 Å².